The highest BCUT2D eigenvalue weighted by molar-refractivity contribution is 7.99. The predicted octanol–water partition coefficient (Wildman–Crippen LogP) is 3.49. The third-order valence-electron chi connectivity index (χ3n) is 4.56. The Balaban J connectivity index is 1.30. The monoisotopic (exact) mass is 445 g/mol. The van der Waals surface area contributed by atoms with Gasteiger partial charge in [0.15, 0.2) is 5.82 Å². The lowest BCUT2D eigenvalue weighted by molar-refractivity contribution is -0.116. The maximum Gasteiger partial charge on any atom is 0.244 e. The zero-order chi connectivity index (χ0) is 21.9. The van der Waals surface area contributed by atoms with E-state index in [9.17, 15) is 4.79 Å². The van der Waals surface area contributed by atoms with Crippen molar-refractivity contribution >= 4 is 40.8 Å². The smallest absolute Gasteiger partial charge is 0.244 e. The van der Waals surface area contributed by atoms with E-state index in [1.165, 1.54) is 11.8 Å². The summed E-state index contributed by atoms with van der Waals surface area (Å²) in [4.78, 5) is 26.2. The van der Waals surface area contributed by atoms with E-state index >= 15 is 0 Å². The molecular weight excluding hydrogens is 426 g/mol. The maximum atomic E-state index is 12.1. The summed E-state index contributed by atoms with van der Waals surface area (Å²) >= 11 is 1.51. The fourth-order valence-electron chi connectivity index (χ4n) is 3.11. The summed E-state index contributed by atoms with van der Waals surface area (Å²) in [5, 5.41) is 14.0. The molecule has 0 fully saturated rings. The van der Waals surface area contributed by atoms with E-state index in [0.29, 0.717) is 11.8 Å². The minimum absolute atomic E-state index is 0.112. The number of carbonyl (C=O) groups excluding carboxylic acids is 1. The van der Waals surface area contributed by atoms with Crippen LogP contribution in [0.2, 0.25) is 0 Å². The molecule has 0 aliphatic heterocycles. The number of benzene rings is 1. The molecule has 160 valence electrons. The molecule has 0 saturated heterocycles. The second-order valence-electron chi connectivity index (χ2n) is 7.04. The molecule has 1 aromatic carbocycles. The molecule has 4 aromatic heterocycles. The lowest BCUT2D eigenvalue weighted by Crippen LogP contribution is -2.17. The van der Waals surface area contributed by atoms with Crippen molar-refractivity contribution in [3.8, 4) is 0 Å². The fourth-order valence-corrected chi connectivity index (χ4v) is 3.92. The van der Waals surface area contributed by atoms with Gasteiger partial charge in [-0.1, -0.05) is 11.8 Å². The summed E-state index contributed by atoms with van der Waals surface area (Å²) in [7, 11) is 0. The number of imidazole rings is 2. The van der Waals surface area contributed by atoms with E-state index in [4.69, 9.17) is 4.98 Å². The van der Waals surface area contributed by atoms with Crippen LogP contribution in [0.5, 0.6) is 0 Å². The third-order valence-corrected chi connectivity index (χ3v) is 5.48. The molecule has 0 aliphatic rings. The number of anilines is 3. The summed E-state index contributed by atoms with van der Waals surface area (Å²) in [6.45, 7) is 2.16. The average Bonchev–Trinajstić information content (AvgIpc) is 3.52. The second-order valence-corrected chi connectivity index (χ2v) is 8.14. The Morgan fingerprint density at radius 3 is 2.78 bits per heavy atom. The number of hydrogen-bond donors (Lipinski definition) is 3. The van der Waals surface area contributed by atoms with Crippen LogP contribution in [-0.4, -0.2) is 40.0 Å². The molecule has 3 N–H and O–H groups in total. The van der Waals surface area contributed by atoms with Gasteiger partial charge in [-0.2, -0.15) is 5.10 Å². The van der Waals surface area contributed by atoms with Crippen LogP contribution in [0.15, 0.2) is 77.4 Å². The van der Waals surface area contributed by atoms with Gasteiger partial charge in [0.2, 0.25) is 11.9 Å². The molecule has 0 spiro atoms. The molecular formula is C21H19N9OS. The Bertz CT molecular complexity index is 1360. The molecule has 5 rings (SSSR count). The van der Waals surface area contributed by atoms with Gasteiger partial charge in [0, 0.05) is 53.2 Å². The molecule has 0 bridgehead atoms. The molecule has 0 unspecified atom stereocenters. The summed E-state index contributed by atoms with van der Waals surface area (Å²) in [6, 6.07) is 11.5. The maximum absolute atomic E-state index is 12.1. The van der Waals surface area contributed by atoms with Gasteiger partial charge in [-0.05, 0) is 31.2 Å². The molecule has 0 saturated carbocycles. The number of H-pyrrole nitrogens is 1. The first-order valence-corrected chi connectivity index (χ1v) is 10.6. The van der Waals surface area contributed by atoms with E-state index in [0.717, 1.165) is 26.9 Å². The highest BCUT2D eigenvalue weighted by Gasteiger charge is 2.10. The van der Waals surface area contributed by atoms with Gasteiger partial charge in [0.05, 0.1) is 6.33 Å². The number of aryl methyl sites for hydroxylation is 1. The molecule has 0 atom stereocenters. The Hall–Kier alpha value is -4.12. The van der Waals surface area contributed by atoms with Crippen LogP contribution in [0, 0.1) is 6.92 Å². The Labute approximate surface area is 187 Å². The van der Waals surface area contributed by atoms with E-state index in [2.05, 4.69) is 30.8 Å². The van der Waals surface area contributed by atoms with Crippen LogP contribution < -0.4 is 10.6 Å². The summed E-state index contributed by atoms with van der Waals surface area (Å²) in [5.41, 5.74) is 2.46. The van der Waals surface area contributed by atoms with Crippen molar-refractivity contribution in [3.05, 3.63) is 73.2 Å². The normalized spacial score (nSPS) is 11.0. The summed E-state index contributed by atoms with van der Waals surface area (Å²) in [5.74, 6) is 1.19. The van der Waals surface area contributed by atoms with Crippen molar-refractivity contribution < 1.29 is 4.79 Å². The van der Waals surface area contributed by atoms with Crippen LogP contribution in [0.1, 0.15) is 5.69 Å². The van der Waals surface area contributed by atoms with E-state index < -0.39 is 0 Å². The van der Waals surface area contributed by atoms with Crippen molar-refractivity contribution in [2.24, 2.45) is 0 Å². The third kappa shape index (κ3) is 4.47. The number of amides is 1. The van der Waals surface area contributed by atoms with Crippen molar-refractivity contribution in [3.63, 3.8) is 0 Å². The van der Waals surface area contributed by atoms with Gasteiger partial charge in [-0.3, -0.25) is 14.3 Å². The van der Waals surface area contributed by atoms with Gasteiger partial charge < -0.3 is 15.2 Å². The lowest BCUT2D eigenvalue weighted by atomic mass is 10.3. The molecule has 4 heterocycles. The lowest BCUT2D eigenvalue weighted by Gasteiger charge is -2.09. The minimum atomic E-state index is -0.112. The van der Waals surface area contributed by atoms with E-state index in [1.807, 2.05) is 53.9 Å². The Morgan fingerprint density at radius 2 is 2.03 bits per heavy atom. The van der Waals surface area contributed by atoms with Crippen molar-refractivity contribution in [1.82, 2.24) is 34.1 Å². The number of carbonyl (C=O) groups is 1. The molecule has 11 heteroatoms. The van der Waals surface area contributed by atoms with Gasteiger partial charge in [-0.25, -0.2) is 15.0 Å². The standard InChI is InChI=1S/C21H19N9OS/c1-14-10-17(28-27-14)25-21-26-20(11-18-23-7-9-30(18)21)32-16-4-2-15(3-5-16)24-19(31)12-29-8-6-22-13-29/h2-11,13H,12H2,1H3,(H,24,31)(H2,25,26,27,28). The SMILES string of the molecule is Cc1cc(Nc2nc(Sc3ccc(NC(=O)Cn4ccnc4)cc3)cc3nccn23)n[nH]1. The number of nitrogens with one attached hydrogen (secondary N) is 3. The largest absolute Gasteiger partial charge is 0.328 e. The number of aromatic nitrogens is 7. The average molecular weight is 446 g/mol. The number of fused-ring (bicyclic) bond motifs is 1. The van der Waals surface area contributed by atoms with E-state index in [-0.39, 0.29) is 12.5 Å². The van der Waals surface area contributed by atoms with Crippen molar-refractivity contribution in [2.75, 3.05) is 10.6 Å². The number of aromatic amines is 1. The first-order chi connectivity index (χ1) is 15.6. The highest BCUT2D eigenvalue weighted by atomic mass is 32.2. The molecule has 10 nitrogen and oxygen atoms in total. The van der Waals surface area contributed by atoms with Crippen LogP contribution in [0.25, 0.3) is 5.65 Å². The zero-order valence-corrected chi connectivity index (χ0v) is 17.9. The number of hydrogen-bond acceptors (Lipinski definition) is 7. The van der Waals surface area contributed by atoms with Gasteiger partial charge in [-0.15, -0.1) is 0 Å². The van der Waals surface area contributed by atoms with Gasteiger partial charge in [0.25, 0.3) is 0 Å². The van der Waals surface area contributed by atoms with Crippen LogP contribution >= 0.6 is 11.8 Å². The van der Waals surface area contributed by atoms with Gasteiger partial charge in [0.1, 0.15) is 17.2 Å². The van der Waals surface area contributed by atoms with Crippen LogP contribution in [0.3, 0.4) is 0 Å². The molecule has 0 radical (unpaired) electrons. The molecule has 0 aliphatic carbocycles. The minimum Gasteiger partial charge on any atom is -0.328 e. The van der Waals surface area contributed by atoms with Crippen LogP contribution in [0.4, 0.5) is 17.5 Å². The van der Waals surface area contributed by atoms with Crippen molar-refractivity contribution in [1.29, 1.82) is 0 Å². The van der Waals surface area contributed by atoms with E-state index in [1.54, 1.807) is 29.5 Å². The fraction of sp³-hybridized carbons (Fsp3) is 0.0952. The molecule has 1 amide bonds. The number of rotatable bonds is 7. The summed E-state index contributed by atoms with van der Waals surface area (Å²) < 4.78 is 3.58. The first-order valence-electron chi connectivity index (χ1n) is 9.79. The topological polar surface area (TPSA) is 118 Å². The highest BCUT2D eigenvalue weighted by Crippen LogP contribution is 2.29. The molecule has 32 heavy (non-hydrogen) atoms. The second kappa shape index (κ2) is 8.55. The van der Waals surface area contributed by atoms with Crippen LogP contribution in [-0.2, 0) is 11.3 Å². The zero-order valence-electron chi connectivity index (χ0n) is 17.1. The predicted molar refractivity (Wildman–Crippen MR) is 121 cm³/mol. The summed E-state index contributed by atoms with van der Waals surface area (Å²) in [6.07, 6.45) is 8.58. The Kier molecular flexibility index (Phi) is 5.30. The molecule has 5 aromatic rings. The quantitative estimate of drug-likeness (QED) is 0.328. The number of nitrogens with zero attached hydrogens (tertiary/aromatic N) is 6. The van der Waals surface area contributed by atoms with Gasteiger partial charge >= 0.3 is 0 Å². The first kappa shape index (κ1) is 19.8. The van der Waals surface area contributed by atoms with Crippen molar-refractivity contribution in [2.45, 2.75) is 23.4 Å². The Morgan fingerprint density at radius 1 is 1.16 bits per heavy atom.